The lowest BCUT2D eigenvalue weighted by atomic mass is 9.93. The summed E-state index contributed by atoms with van der Waals surface area (Å²) in [5.74, 6) is -0.352. The number of nitrogens with zero attached hydrogens (tertiary/aromatic N) is 1. The Labute approximate surface area is 123 Å². The molecule has 20 heavy (non-hydrogen) atoms. The SMILES string of the molecule is CC(C)(C)CCOC(=O)c1cc(Cl)nc2ccccc12. The van der Waals surface area contributed by atoms with E-state index in [1.807, 2.05) is 24.3 Å². The molecule has 0 amide bonds. The van der Waals surface area contributed by atoms with Gasteiger partial charge in [0.15, 0.2) is 0 Å². The highest BCUT2D eigenvalue weighted by atomic mass is 35.5. The summed E-state index contributed by atoms with van der Waals surface area (Å²) in [5.41, 5.74) is 1.30. The normalized spacial score (nSPS) is 11.6. The number of para-hydroxylation sites is 1. The van der Waals surface area contributed by atoms with Crippen LogP contribution in [0.2, 0.25) is 5.15 Å². The van der Waals surface area contributed by atoms with Gasteiger partial charge in [0.1, 0.15) is 5.15 Å². The van der Waals surface area contributed by atoms with E-state index in [9.17, 15) is 4.79 Å². The summed E-state index contributed by atoms with van der Waals surface area (Å²) in [5, 5.41) is 1.06. The van der Waals surface area contributed by atoms with Gasteiger partial charge in [-0.3, -0.25) is 0 Å². The van der Waals surface area contributed by atoms with Crippen LogP contribution in [0.15, 0.2) is 30.3 Å². The molecule has 0 saturated heterocycles. The molecule has 2 rings (SSSR count). The third kappa shape index (κ3) is 3.70. The van der Waals surface area contributed by atoms with Crippen molar-refractivity contribution in [2.24, 2.45) is 5.41 Å². The second-order valence-corrected chi connectivity index (χ2v) is 6.34. The maximum absolute atomic E-state index is 12.2. The van der Waals surface area contributed by atoms with Crippen LogP contribution in [-0.4, -0.2) is 17.6 Å². The molecule has 0 N–H and O–H groups in total. The second-order valence-electron chi connectivity index (χ2n) is 5.96. The smallest absolute Gasteiger partial charge is 0.338 e. The van der Waals surface area contributed by atoms with E-state index < -0.39 is 0 Å². The van der Waals surface area contributed by atoms with Gasteiger partial charge in [0, 0.05) is 5.39 Å². The molecule has 0 bridgehead atoms. The van der Waals surface area contributed by atoms with Crippen molar-refractivity contribution in [3.63, 3.8) is 0 Å². The monoisotopic (exact) mass is 291 g/mol. The van der Waals surface area contributed by atoms with Crippen molar-refractivity contribution in [1.82, 2.24) is 4.98 Å². The summed E-state index contributed by atoms with van der Waals surface area (Å²) in [6, 6.07) is 8.96. The first-order valence-electron chi connectivity index (χ1n) is 6.59. The molecule has 0 radical (unpaired) electrons. The fourth-order valence-electron chi connectivity index (χ4n) is 1.84. The molecule has 0 saturated carbocycles. The van der Waals surface area contributed by atoms with E-state index in [1.54, 1.807) is 6.07 Å². The minimum absolute atomic E-state index is 0.137. The minimum atomic E-state index is -0.352. The Bertz CT molecular complexity index is 632. The number of fused-ring (bicyclic) bond motifs is 1. The standard InChI is InChI=1S/C16H18ClNO2/c1-16(2,3)8-9-20-15(19)12-10-14(17)18-13-7-5-4-6-11(12)13/h4-7,10H,8-9H2,1-3H3. The number of esters is 1. The number of hydrogen-bond donors (Lipinski definition) is 0. The summed E-state index contributed by atoms with van der Waals surface area (Å²) in [4.78, 5) is 16.4. The third-order valence-corrected chi connectivity index (χ3v) is 3.18. The van der Waals surface area contributed by atoms with Crippen LogP contribution in [0.1, 0.15) is 37.6 Å². The van der Waals surface area contributed by atoms with Crippen molar-refractivity contribution in [3.05, 3.63) is 41.0 Å². The molecular formula is C16H18ClNO2. The van der Waals surface area contributed by atoms with Crippen molar-refractivity contribution >= 4 is 28.5 Å². The summed E-state index contributed by atoms with van der Waals surface area (Å²) in [7, 11) is 0. The topological polar surface area (TPSA) is 39.2 Å². The van der Waals surface area contributed by atoms with Crippen LogP contribution in [0.5, 0.6) is 0 Å². The average Bonchev–Trinajstić information content (AvgIpc) is 2.36. The maximum Gasteiger partial charge on any atom is 0.338 e. The lowest BCUT2D eigenvalue weighted by Crippen LogP contribution is -2.13. The molecule has 3 nitrogen and oxygen atoms in total. The molecule has 0 aliphatic rings. The Hall–Kier alpha value is -1.61. The Morgan fingerprint density at radius 2 is 2.00 bits per heavy atom. The van der Waals surface area contributed by atoms with Crippen LogP contribution in [0.25, 0.3) is 10.9 Å². The van der Waals surface area contributed by atoms with E-state index in [2.05, 4.69) is 25.8 Å². The lowest BCUT2D eigenvalue weighted by molar-refractivity contribution is 0.0467. The molecule has 0 aliphatic carbocycles. The number of rotatable bonds is 3. The summed E-state index contributed by atoms with van der Waals surface area (Å²) >= 11 is 5.96. The molecule has 1 aromatic carbocycles. The van der Waals surface area contributed by atoms with Crippen molar-refractivity contribution in [3.8, 4) is 0 Å². The van der Waals surface area contributed by atoms with E-state index in [4.69, 9.17) is 16.3 Å². The first-order valence-corrected chi connectivity index (χ1v) is 6.97. The highest BCUT2D eigenvalue weighted by molar-refractivity contribution is 6.30. The lowest BCUT2D eigenvalue weighted by Gasteiger charge is -2.17. The average molecular weight is 292 g/mol. The maximum atomic E-state index is 12.2. The number of pyridine rings is 1. The van der Waals surface area contributed by atoms with Gasteiger partial charge in [-0.1, -0.05) is 50.6 Å². The molecule has 0 atom stereocenters. The number of benzene rings is 1. The molecule has 0 fully saturated rings. The molecule has 0 aliphatic heterocycles. The van der Waals surface area contributed by atoms with E-state index in [0.717, 1.165) is 11.8 Å². The summed E-state index contributed by atoms with van der Waals surface area (Å²) < 4.78 is 5.34. The molecular weight excluding hydrogens is 274 g/mol. The van der Waals surface area contributed by atoms with Crippen molar-refractivity contribution in [2.45, 2.75) is 27.2 Å². The van der Waals surface area contributed by atoms with Crippen LogP contribution in [0, 0.1) is 5.41 Å². The first-order chi connectivity index (χ1) is 9.37. The predicted octanol–water partition coefficient (Wildman–Crippen LogP) is 4.48. The second kappa shape index (κ2) is 5.80. The van der Waals surface area contributed by atoms with Crippen LogP contribution < -0.4 is 0 Å². The van der Waals surface area contributed by atoms with Gasteiger partial charge in [0.2, 0.25) is 0 Å². The molecule has 1 heterocycles. The largest absolute Gasteiger partial charge is 0.462 e. The third-order valence-electron chi connectivity index (χ3n) is 2.99. The Balaban J connectivity index is 2.22. The van der Waals surface area contributed by atoms with Gasteiger partial charge in [-0.15, -0.1) is 0 Å². The predicted molar refractivity (Wildman–Crippen MR) is 81.1 cm³/mol. The number of aromatic nitrogens is 1. The number of carbonyl (C=O) groups is 1. The first kappa shape index (κ1) is 14.8. The number of ether oxygens (including phenoxy) is 1. The van der Waals surface area contributed by atoms with Gasteiger partial charge >= 0.3 is 5.97 Å². The van der Waals surface area contributed by atoms with E-state index >= 15 is 0 Å². The Morgan fingerprint density at radius 1 is 1.30 bits per heavy atom. The van der Waals surface area contributed by atoms with Crippen LogP contribution >= 0.6 is 11.6 Å². The zero-order chi connectivity index (χ0) is 14.8. The van der Waals surface area contributed by atoms with E-state index in [-0.39, 0.29) is 11.4 Å². The molecule has 106 valence electrons. The fraction of sp³-hybridized carbons (Fsp3) is 0.375. The van der Waals surface area contributed by atoms with Crippen molar-refractivity contribution in [2.75, 3.05) is 6.61 Å². The number of hydrogen-bond acceptors (Lipinski definition) is 3. The highest BCUT2D eigenvalue weighted by Gasteiger charge is 2.16. The number of halogens is 1. The molecule has 4 heteroatoms. The quantitative estimate of drug-likeness (QED) is 0.618. The minimum Gasteiger partial charge on any atom is -0.462 e. The van der Waals surface area contributed by atoms with Crippen LogP contribution in [0.3, 0.4) is 0 Å². The molecule has 2 aromatic rings. The van der Waals surface area contributed by atoms with Gasteiger partial charge in [-0.2, -0.15) is 0 Å². The van der Waals surface area contributed by atoms with Gasteiger partial charge < -0.3 is 4.74 Å². The highest BCUT2D eigenvalue weighted by Crippen LogP contribution is 2.22. The van der Waals surface area contributed by atoms with Crippen LogP contribution in [0.4, 0.5) is 0 Å². The summed E-state index contributed by atoms with van der Waals surface area (Å²) in [6.07, 6.45) is 0.815. The van der Waals surface area contributed by atoms with Gasteiger partial charge in [-0.05, 0) is 24.0 Å². The van der Waals surface area contributed by atoms with Crippen molar-refractivity contribution in [1.29, 1.82) is 0 Å². The van der Waals surface area contributed by atoms with E-state index in [1.165, 1.54) is 0 Å². The molecule has 1 aromatic heterocycles. The van der Waals surface area contributed by atoms with Gasteiger partial charge in [0.25, 0.3) is 0 Å². The van der Waals surface area contributed by atoms with Gasteiger partial charge in [-0.25, -0.2) is 9.78 Å². The van der Waals surface area contributed by atoms with Crippen LogP contribution in [-0.2, 0) is 4.74 Å². The molecule has 0 spiro atoms. The zero-order valence-electron chi connectivity index (χ0n) is 11.9. The molecule has 0 unspecified atom stereocenters. The number of carbonyl (C=O) groups excluding carboxylic acids is 1. The fourth-order valence-corrected chi connectivity index (χ4v) is 2.04. The van der Waals surface area contributed by atoms with Gasteiger partial charge in [0.05, 0.1) is 17.7 Å². The Kier molecular flexibility index (Phi) is 4.29. The van der Waals surface area contributed by atoms with Crippen molar-refractivity contribution < 1.29 is 9.53 Å². The zero-order valence-corrected chi connectivity index (χ0v) is 12.7. The summed E-state index contributed by atoms with van der Waals surface area (Å²) in [6.45, 7) is 6.73. The Morgan fingerprint density at radius 3 is 2.70 bits per heavy atom. The van der Waals surface area contributed by atoms with E-state index in [0.29, 0.717) is 22.8 Å².